The summed E-state index contributed by atoms with van der Waals surface area (Å²) < 4.78 is 11.5. The average molecular weight is 462 g/mol. The van der Waals surface area contributed by atoms with Crippen molar-refractivity contribution >= 4 is 56.4 Å². The number of methoxy groups -OCH3 is 1. The predicted molar refractivity (Wildman–Crippen MR) is 113 cm³/mol. The van der Waals surface area contributed by atoms with E-state index in [0.717, 1.165) is 16.2 Å². The molecule has 144 valence electrons. The lowest BCUT2D eigenvalue weighted by Crippen LogP contribution is -2.20. The van der Waals surface area contributed by atoms with Gasteiger partial charge in [-0.3, -0.25) is 15.0 Å². The molecule has 9 heteroatoms. The van der Waals surface area contributed by atoms with E-state index in [-0.39, 0.29) is 23.6 Å². The third kappa shape index (κ3) is 5.14. The first-order valence-corrected chi connectivity index (χ1v) is 9.71. The van der Waals surface area contributed by atoms with E-state index in [1.165, 1.54) is 0 Å². The predicted octanol–water partition coefficient (Wildman–Crippen LogP) is 3.61. The first-order chi connectivity index (χ1) is 13.4. The molecule has 2 aromatic rings. The van der Waals surface area contributed by atoms with E-state index in [2.05, 4.69) is 26.6 Å². The maximum Gasteiger partial charge on any atom is 0.264 e. The van der Waals surface area contributed by atoms with Crippen molar-refractivity contribution in [2.75, 3.05) is 19.0 Å². The molecule has 0 unspecified atom stereocenters. The van der Waals surface area contributed by atoms with E-state index < -0.39 is 0 Å². The van der Waals surface area contributed by atoms with Crippen LogP contribution in [0.2, 0.25) is 0 Å². The molecule has 1 saturated heterocycles. The zero-order chi connectivity index (χ0) is 20.1. The van der Waals surface area contributed by atoms with Gasteiger partial charge in [0.05, 0.1) is 12.0 Å². The van der Waals surface area contributed by atoms with Crippen LogP contribution < -0.4 is 20.1 Å². The van der Waals surface area contributed by atoms with Crippen LogP contribution in [0.15, 0.2) is 51.8 Å². The van der Waals surface area contributed by atoms with Crippen LogP contribution in [0.3, 0.4) is 0 Å². The van der Waals surface area contributed by atoms with Crippen LogP contribution in [0.1, 0.15) is 5.56 Å². The Bertz CT molecular complexity index is 960. The molecule has 1 heterocycles. The molecular formula is C19H16BrN3O4S. The second kappa shape index (κ2) is 8.94. The minimum Gasteiger partial charge on any atom is -0.497 e. The van der Waals surface area contributed by atoms with Gasteiger partial charge in [-0.2, -0.15) is 0 Å². The van der Waals surface area contributed by atoms with E-state index in [4.69, 9.17) is 14.9 Å². The monoisotopic (exact) mass is 461 g/mol. The van der Waals surface area contributed by atoms with E-state index in [9.17, 15) is 9.59 Å². The number of ether oxygens (including phenoxy) is 2. The van der Waals surface area contributed by atoms with Crippen molar-refractivity contribution in [3.8, 4) is 11.5 Å². The Balaban J connectivity index is 1.68. The first-order valence-electron chi connectivity index (χ1n) is 8.10. The normalized spacial score (nSPS) is 14.7. The summed E-state index contributed by atoms with van der Waals surface area (Å²) >= 11 is 4.42. The summed E-state index contributed by atoms with van der Waals surface area (Å²) in [4.78, 5) is 24.4. The maximum atomic E-state index is 12.2. The Labute approximate surface area is 174 Å². The molecule has 1 aliphatic heterocycles. The van der Waals surface area contributed by atoms with Crippen LogP contribution in [0.25, 0.3) is 6.08 Å². The van der Waals surface area contributed by atoms with E-state index in [0.29, 0.717) is 27.7 Å². The van der Waals surface area contributed by atoms with Crippen molar-refractivity contribution in [3.63, 3.8) is 0 Å². The maximum absolute atomic E-state index is 12.2. The van der Waals surface area contributed by atoms with E-state index >= 15 is 0 Å². The van der Waals surface area contributed by atoms with Gasteiger partial charge in [0.25, 0.3) is 11.8 Å². The van der Waals surface area contributed by atoms with Crippen molar-refractivity contribution in [1.29, 1.82) is 5.41 Å². The fraction of sp³-hybridized carbons (Fsp3) is 0.105. The SMILES string of the molecule is COc1ccc(NC(=O)COc2ccc(Br)cc2/C=C2\SC(=N)NC2=O)cc1. The number of halogens is 1. The number of thioether (sulfide) groups is 1. The number of carbonyl (C=O) groups is 2. The van der Waals surface area contributed by atoms with Crippen molar-refractivity contribution in [2.24, 2.45) is 0 Å². The molecule has 7 nitrogen and oxygen atoms in total. The number of rotatable bonds is 6. The minimum absolute atomic E-state index is 0.0765. The van der Waals surface area contributed by atoms with Gasteiger partial charge in [0.1, 0.15) is 11.5 Å². The Kier molecular flexibility index (Phi) is 6.37. The van der Waals surface area contributed by atoms with Gasteiger partial charge in [-0.15, -0.1) is 0 Å². The van der Waals surface area contributed by atoms with Crippen molar-refractivity contribution in [3.05, 3.63) is 57.4 Å². The summed E-state index contributed by atoms with van der Waals surface area (Å²) in [6.07, 6.45) is 1.63. The molecule has 0 atom stereocenters. The van der Waals surface area contributed by atoms with Gasteiger partial charge in [-0.25, -0.2) is 0 Å². The number of benzene rings is 2. The highest BCUT2D eigenvalue weighted by molar-refractivity contribution is 9.10. The summed E-state index contributed by atoms with van der Waals surface area (Å²) in [6.45, 7) is -0.195. The lowest BCUT2D eigenvalue weighted by Gasteiger charge is -2.11. The second-order valence-electron chi connectivity index (χ2n) is 5.64. The number of amides is 2. The largest absolute Gasteiger partial charge is 0.497 e. The molecule has 28 heavy (non-hydrogen) atoms. The Hall–Kier alpha value is -2.78. The highest BCUT2D eigenvalue weighted by atomic mass is 79.9. The van der Waals surface area contributed by atoms with Crippen LogP contribution in [0, 0.1) is 5.41 Å². The molecule has 0 spiro atoms. The minimum atomic E-state index is -0.335. The highest BCUT2D eigenvalue weighted by Crippen LogP contribution is 2.30. The topological polar surface area (TPSA) is 101 Å². The summed E-state index contributed by atoms with van der Waals surface area (Å²) in [7, 11) is 1.57. The number of amidine groups is 1. The molecule has 1 fully saturated rings. The van der Waals surface area contributed by atoms with Crippen LogP contribution in [-0.2, 0) is 9.59 Å². The highest BCUT2D eigenvalue weighted by Gasteiger charge is 2.23. The molecule has 0 bridgehead atoms. The Morgan fingerprint density at radius 3 is 2.68 bits per heavy atom. The van der Waals surface area contributed by atoms with Crippen molar-refractivity contribution in [1.82, 2.24) is 5.32 Å². The van der Waals surface area contributed by atoms with Crippen LogP contribution >= 0.6 is 27.7 Å². The first kappa shape index (κ1) is 20.0. The van der Waals surface area contributed by atoms with Crippen molar-refractivity contribution in [2.45, 2.75) is 0 Å². The molecular weight excluding hydrogens is 446 g/mol. The van der Waals surface area contributed by atoms with Gasteiger partial charge in [-0.1, -0.05) is 15.9 Å². The molecule has 0 aromatic heterocycles. The fourth-order valence-electron chi connectivity index (χ4n) is 2.36. The molecule has 0 saturated carbocycles. The molecule has 3 rings (SSSR count). The molecule has 0 radical (unpaired) electrons. The van der Waals surface area contributed by atoms with E-state index in [1.807, 2.05) is 0 Å². The average Bonchev–Trinajstić information content (AvgIpc) is 2.98. The second-order valence-corrected chi connectivity index (χ2v) is 7.61. The lowest BCUT2D eigenvalue weighted by atomic mass is 10.2. The quantitative estimate of drug-likeness (QED) is 0.570. The number of anilines is 1. The molecule has 1 aliphatic rings. The number of hydrogen-bond donors (Lipinski definition) is 3. The van der Waals surface area contributed by atoms with Crippen LogP contribution in [0.4, 0.5) is 5.69 Å². The summed E-state index contributed by atoms with van der Waals surface area (Å²) in [6, 6.07) is 12.2. The molecule has 3 N–H and O–H groups in total. The third-order valence-corrected chi connectivity index (χ3v) is 4.98. The molecule has 0 aliphatic carbocycles. The van der Waals surface area contributed by atoms with Crippen LogP contribution in [0.5, 0.6) is 11.5 Å². The third-order valence-electron chi connectivity index (χ3n) is 3.65. The zero-order valence-electron chi connectivity index (χ0n) is 14.7. The molecule has 2 amide bonds. The Morgan fingerprint density at radius 1 is 1.29 bits per heavy atom. The smallest absolute Gasteiger partial charge is 0.264 e. The Morgan fingerprint density at radius 2 is 2.04 bits per heavy atom. The fourth-order valence-corrected chi connectivity index (χ4v) is 3.43. The van der Waals surface area contributed by atoms with Gasteiger partial charge in [-0.05, 0) is 60.3 Å². The summed E-state index contributed by atoms with van der Waals surface area (Å²) in [5.74, 6) is 0.496. The number of hydrogen-bond acceptors (Lipinski definition) is 6. The van der Waals surface area contributed by atoms with Gasteiger partial charge >= 0.3 is 0 Å². The van der Waals surface area contributed by atoms with Gasteiger partial charge in [0.2, 0.25) is 0 Å². The van der Waals surface area contributed by atoms with Crippen molar-refractivity contribution < 1.29 is 19.1 Å². The van der Waals surface area contributed by atoms with Crippen LogP contribution in [-0.4, -0.2) is 30.7 Å². The zero-order valence-corrected chi connectivity index (χ0v) is 17.1. The standard InChI is InChI=1S/C19H16BrN3O4S/c1-26-14-5-3-13(4-6-14)22-17(24)10-27-15-7-2-12(20)8-11(15)9-16-18(25)23-19(21)28-16/h2-9H,10H2,1H3,(H,22,24)(H2,21,23,25)/b16-9-. The van der Waals surface area contributed by atoms with Gasteiger partial charge in [0.15, 0.2) is 11.8 Å². The van der Waals surface area contributed by atoms with Gasteiger partial charge < -0.3 is 20.1 Å². The number of nitrogens with one attached hydrogen (secondary N) is 3. The number of carbonyl (C=O) groups excluding carboxylic acids is 2. The molecule has 2 aromatic carbocycles. The summed E-state index contributed by atoms with van der Waals surface area (Å²) in [5.41, 5.74) is 1.25. The van der Waals surface area contributed by atoms with Gasteiger partial charge in [0, 0.05) is 15.7 Å². The lowest BCUT2D eigenvalue weighted by molar-refractivity contribution is -0.118. The van der Waals surface area contributed by atoms with E-state index in [1.54, 1.807) is 55.7 Å². The summed E-state index contributed by atoms with van der Waals surface area (Å²) in [5, 5.41) is 12.8.